The highest BCUT2D eigenvalue weighted by Crippen LogP contribution is 2.16. The lowest BCUT2D eigenvalue weighted by atomic mass is 10.2. The normalized spacial score (nSPS) is 10.5. The van der Waals surface area contributed by atoms with Crippen molar-refractivity contribution in [3.8, 4) is 17.6 Å². The van der Waals surface area contributed by atoms with Crippen LogP contribution in [0.4, 0.5) is 0 Å². The zero-order chi connectivity index (χ0) is 16.5. The molecule has 1 rings (SSSR count). The number of nitrogens with zero attached hydrogens (tertiary/aromatic N) is 1. The first-order valence-corrected chi connectivity index (χ1v) is 7.60. The van der Waals surface area contributed by atoms with Gasteiger partial charge in [0.2, 0.25) is 0 Å². The Morgan fingerprint density at radius 3 is 2.41 bits per heavy atom. The molecule has 0 fully saturated rings. The highest BCUT2D eigenvalue weighted by molar-refractivity contribution is 5.97. The number of carbonyl (C=O) groups excluding carboxylic acids is 1. The van der Waals surface area contributed by atoms with Gasteiger partial charge in [0.05, 0.1) is 25.8 Å². The minimum absolute atomic E-state index is 0.170. The Kier molecular flexibility index (Phi) is 7.48. The van der Waals surface area contributed by atoms with Crippen LogP contribution in [-0.4, -0.2) is 43.1 Å². The quantitative estimate of drug-likeness (QED) is 0.821. The molecule has 1 amide bonds. The highest BCUT2D eigenvalue weighted by Gasteiger charge is 2.11. The van der Waals surface area contributed by atoms with Crippen LogP contribution in [0.3, 0.4) is 0 Å². The van der Waals surface area contributed by atoms with Gasteiger partial charge < -0.3 is 10.1 Å². The molecular formula is C18H26N2O2. The Morgan fingerprint density at radius 2 is 1.82 bits per heavy atom. The molecule has 0 heterocycles. The predicted octanol–water partition coefficient (Wildman–Crippen LogP) is 2.55. The summed E-state index contributed by atoms with van der Waals surface area (Å²) in [6, 6.07) is 8.06. The Balaban J connectivity index is 2.51. The largest absolute Gasteiger partial charge is 0.496 e. The molecule has 4 nitrogen and oxygen atoms in total. The van der Waals surface area contributed by atoms with Gasteiger partial charge in [0.25, 0.3) is 5.91 Å². The summed E-state index contributed by atoms with van der Waals surface area (Å²) in [7, 11) is 1.55. The van der Waals surface area contributed by atoms with E-state index in [-0.39, 0.29) is 5.91 Å². The molecule has 22 heavy (non-hydrogen) atoms. The van der Waals surface area contributed by atoms with Gasteiger partial charge in [-0.15, -0.1) is 0 Å². The lowest BCUT2D eigenvalue weighted by Gasteiger charge is -2.28. The van der Waals surface area contributed by atoms with Gasteiger partial charge in [0, 0.05) is 12.1 Å². The molecule has 0 aliphatic rings. The third-order valence-corrected chi connectivity index (χ3v) is 3.40. The molecule has 1 N–H and O–H groups in total. The monoisotopic (exact) mass is 302 g/mol. The molecule has 4 heteroatoms. The number of hydrogen-bond donors (Lipinski definition) is 1. The zero-order valence-electron chi connectivity index (χ0n) is 14.1. The first kappa shape index (κ1) is 18.1. The van der Waals surface area contributed by atoms with Crippen LogP contribution in [0.5, 0.6) is 5.75 Å². The predicted molar refractivity (Wildman–Crippen MR) is 90.1 cm³/mol. The van der Waals surface area contributed by atoms with Crippen molar-refractivity contribution in [3.63, 3.8) is 0 Å². The molecule has 0 radical (unpaired) electrons. The van der Waals surface area contributed by atoms with Crippen LogP contribution in [0.25, 0.3) is 0 Å². The van der Waals surface area contributed by atoms with Gasteiger partial charge >= 0.3 is 0 Å². The summed E-state index contributed by atoms with van der Waals surface area (Å²) in [5.41, 5.74) is 0.526. The average Bonchev–Trinajstić information content (AvgIpc) is 2.49. The summed E-state index contributed by atoms with van der Waals surface area (Å²) >= 11 is 0. The molecular weight excluding hydrogens is 276 g/mol. The molecule has 0 spiro atoms. The Morgan fingerprint density at radius 1 is 1.18 bits per heavy atom. The van der Waals surface area contributed by atoms with Crippen LogP contribution in [0.15, 0.2) is 24.3 Å². The minimum Gasteiger partial charge on any atom is -0.496 e. The molecule has 0 atom stereocenters. The van der Waals surface area contributed by atoms with E-state index in [1.54, 1.807) is 19.2 Å². The zero-order valence-corrected chi connectivity index (χ0v) is 14.1. The summed E-state index contributed by atoms with van der Waals surface area (Å²) in [4.78, 5) is 14.4. The standard InChI is InChI=1S/C18H26N2O2/c1-14(2)20(15(3)4)13-9-8-12-19-18(21)16-10-6-7-11-17(16)22-5/h6-7,10-11,14-15H,12-13H2,1-5H3,(H,19,21). The third kappa shape index (κ3) is 5.42. The van der Waals surface area contributed by atoms with Gasteiger partial charge in [0.1, 0.15) is 5.75 Å². The molecule has 0 saturated heterocycles. The number of nitrogens with one attached hydrogen (secondary N) is 1. The Hall–Kier alpha value is -1.99. The van der Waals surface area contributed by atoms with E-state index in [9.17, 15) is 4.79 Å². The summed E-state index contributed by atoms with van der Waals surface area (Å²) in [5.74, 6) is 6.51. The van der Waals surface area contributed by atoms with Gasteiger partial charge in [-0.2, -0.15) is 0 Å². The molecule has 0 aromatic heterocycles. The van der Waals surface area contributed by atoms with Crippen molar-refractivity contribution in [2.75, 3.05) is 20.2 Å². The van der Waals surface area contributed by atoms with Crippen LogP contribution < -0.4 is 10.1 Å². The molecule has 0 saturated carbocycles. The van der Waals surface area contributed by atoms with E-state index in [2.05, 4.69) is 49.8 Å². The topological polar surface area (TPSA) is 41.6 Å². The van der Waals surface area contributed by atoms with E-state index in [0.717, 1.165) is 0 Å². The van der Waals surface area contributed by atoms with Crippen LogP contribution in [0.1, 0.15) is 38.1 Å². The van der Waals surface area contributed by atoms with E-state index in [0.29, 0.717) is 36.5 Å². The maximum atomic E-state index is 12.1. The molecule has 1 aromatic carbocycles. The molecule has 0 aliphatic carbocycles. The SMILES string of the molecule is COc1ccccc1C(=O)NCC#CCN(C(C)C)C(C)C. The first-order valence-electron chi connectivity index (χ1n) is 7.60. The van der Waals surface area contributed by atoms with Gasteiger partial charge in [-0.1, -0.05) is 24.0 Å². The molecule has 0 bridgehead atoms. The smallest absolute Gasteiger partial charge is 0.255 e. The van der Waals surface area contributed by atoms with Crippen molar-refractivity contribution in [1.82, 2.24) is 10.2 Å². The number of carbonyl (C=O) groups is 1. The van der Waals surface area contributed by atoms with Crippen molar-refractivity contribution in [2.24, 2.45) is 0 Å². The van der Waals surface area contributed by atoms with Crippen LogP contribution in [-0.2, 0) is 0 Å². The van der Waals surface area contributed by atoms with E-state index in [1.165, 1.54) is 0 Å². The molecule has 0 aliphatic heterocycles. The Bertz CT molecular complexity index is 534. The summed E-state index contributed by atoms with van der Waals surface area (Å²) in [6.45, 7) is 9.67. The van der Waals surface area contributed by atoms with Crippen molar-refractivity contribution in [3.05, 3.63) is 29.8 Å². The van der Waals surface area contributed by atoms with Crippen molar-refractivity contribution in [2.45, 2.75) is 39.8 Å². The fraction of sp³-hybridized carbons (Fsp3) is 0.500. The van der Waals surface area contributed by atoms with Crippen molar-refractivity contribution >= 4 is 5.91 Å². The molecule has 1 aromatic rings. The number of benzene rings is 1. The van der Waals surface area contributed by atoms with Gasteiger partial charge in [-0.05, 0) is 39.8 Å². The number of para-hydroxylation sites is 1. The summed E-state index contributed by atoms with van der Waals surface area (Å²) < 4.78 is 5.17. The maximum absolute atomic E-state index is 12.1. The number of amides is 1. The lowest BCUT2D eigenvalue weighted by Crippen LogP contribution is -2.37. The second-order valence-electron chi connectivity index (χ2n) is 5.60. The summed E-state index contributed by atoms with van der Waals surface area (Å²) in [5, 5.41) is 2.79. The van der Waals surface area contributed by atoms with E-state index < -0.39 is 0 Å². The van der Waals surface area contributed by atoms with Gasteiger partial charge in [-0.3, -0.25) is 9.69 Å². The third-order valence-electron chi connectivity index (χ3n) is 3.40. The Labute approximate surface area is 133 Å². The van der Waals surface area contributed by atoms with Crippen LogP contribution in [0.2, 0.25) is 0 Å². The van der Waals surface area contributed by atoms with Gasteiger partial charge in [-0.25, -0.2) is 0 Å². The number of rotatable bonds is 6. The number of hydrogen-bond acceptors (Lipinski definition) is 3. The number of methoxy groups -OCH3 is 1. The summed E-state index contributed by atoms with van der Waals surface area (Å²) in [6.07, 6.45) is 0. The van der Waals surface area contributed by atoms with Crippen LogP contribution >= 0.6 is 0 Å². The van der Waals surface area contributed by atoms with E-state index in [1.807, 2.05) is 12.1 Å². The minimum atomic E-state index is -0.170. The van der Waals surface area contributed by atoms with Gasteiger partial charge in [0.15, 0.2) is 0 Å². The second kappa shape index (κ2) is 9.11. The molecule has 120 valence electrons. The van der Waals surface area contributed by atoms with Crippen molar-refractivity contribution in [1.29, 1.82) is 0 Å². The first-order chi connectivity index (χ1) is 10.5. The van der Waals surface area contributed by atoms with Crippen LogP contribution in [0, 0.1) is 11.8 Å². The average molecular weight is 302 g/mol. The fourth-order valence-corrected chi connectivity index (χ4v) is 2.22. The second-order valence-corrected chi connectivity index (χ2v) is 5.60. The van der Waals surface area contributed by atoms with E-state index >= 15 is 0 Å². The van der Waals surface area contributed by atoms with E-state index in [4.69, 9.17) is 4.74 Å². The number of ether oxygens (including phenoxy) is 1. The lowest BCUT2D eigenvalue weighted by molar-refractivity contribution is 0.0955. The maximum Gasteiger partial charge on any atom is 0.255 e. The fourth-order valence-electron chi connectivity index (χ4n) is 2.22. The molecule has 0 unspecified atom stereocenters. The van der Waals surface area contributed by atoms with Crippen molar-refractivity contribution < 1.29 is 9.53 Å². The highest BCUT2D eigenvalue weighted by atomic mass is 16.5.